The van der Waals surface area contributed by atoms with Gasteiger partial charge in [0.05, 0.1) is 5.56 Å². The zero-order valence-corrected chi connectivity index (χ0v) is 20.8. The molecule has 1 aromatic carbocycles. The monoisotopic (exact) mass is 553 g/mol. The number of nitrogens with one attached hydrogen (secondary N) is 2. The third kappa shape index (κ3) is 7.21. The van der Waals surface area contributed by atoms with E-state index in [0.717, 1.165) is 51.6 Å². The number of likely N-dealkylation sites (tertiary alicyclic amines) is 2. The third-order valence-corrected chi connectivity index (χ3v) is 6.47. The smallest absolute Gasteiger partial charge is 0.355 e. The van der Waals surface area contributed by atoms with Gasteiger partial charge in [-0.2, -0.15) is 13.2 Å². The number of piperidine rings is 2. The molecule has 2 saturated heterocycles. The summed E-state index contributed by atoms with van der Waals surface area (Å²) in [6.45, 7) is 5.53. The highest BCUT2D eigenvalue weighted by atomic mass is 127. The van der Waals surface area contributed by atoms with E-state index in [0.29, 0.717) is 18.1 Å². The maximum absolute atomic E-state index is 12.9. The molecule has 9 heteroatoms. The van der Waals surface area contributed by atoms with Gasteiger partial charge < -0.3 is 15.5 Å². The van der Waals surface area contributed by atoms with Crippen LogP contribution in [0.5, 0.6) is 0 Å². The van der Waals surface area contributed by atoms with E-state index in [1.807, 2.05) is 0 Å². The molecule has 176 valence electrons. The van der Waals surface area contributed by atoms with Gasteiger partial charge in [0.25, 0.3) is 0 Å². The van der Waals surface area contributed by atoms with E-state index in [2.05, 4.69) is 32.5 Å². The Hall–Kier alpha value is -1.07. The molecule has 2 aliphatic heterocycles. The standard InChI is InChI=1S/C22H34F3N5.HI/c1-26-20(27-16-18-7-6-8-19(15-18)22(23,24)25)28-17-21(9-13-29(2)14-10-21)30-11-4-3-5-12-30;/h6-8,15H,3-5,9-14,16-17H2,1-2H3,(H2,26,27,28);1H. The molecule has 0 bridgehead atoms. The molecule has 0 radical (unpaired) electrons. The molecule has 3 rings (SSSR count). The molecule has 2 aliphatic rings. The average molecular weight is 553 g/mol. The number of benzene rings is 1. The lowest BCUT2D eigenvalue weighted by Gasteiger charge is -2.50. The maximum Gasteiger partial charge on any atom is 0.416 e. The minimum Gasteiger partial charge on any atom is -0.355 e. The predicted molar refractivity (Wildman–Crippen MR) is 130 cm³/mol. The zero-order valence-electron chi connectivity index (χ0n) is 18.5. The second-order valence-electron chi connectivity index (χ2n) is 8.55. The molecule has 0 unspecified atom stereocenters. The summed E-state index contributed by atoms with van der Waals surface area (Å²) >= 11 is 0. The fourth-order valence-corrected chi connectivity index (χ4v) is 4.52. The van der Waals surface area contributed by atoms with Gasteiger partial charge in [0.1, 0.15) is 0 Å². The Kier molecular flexibility index (Phi) is 9.88. The van der Waals surface area contributed by atoms with Gasteiger partial charge in [0.2, 0.25) is 0 Å². The molecular formula is C22H35F3IN5. The van der Waals surface area contributed by atoms with Crippen LogP contribution in [0.15, 0.2) is 29.3 Å². The van der Waals surface area contributed by atoms with E-state index < -0.39 is 11.7 Å². The normalized spacial score (nSPS) is 20.7. The Balaban J connectivity index is 0.00000341. The van der Waals surface area contributed by atoms with Gasteiger partial charge >= 0.3 is 6.18 Å². The summed E-state index contributed by atoms with van der Waals surface area (Å²) in [6, 6.07) is 5.42. The molecule has 2 heterocycles. The zero-order chi connectivity index (χ0) is 21.6. The SMILES string of the molecule is CN=C(NCc1cccc(C(F)(F)F)c1)NCC1(N2CCCCC2)CCN(C)CC1.I. The van der Waals surface area contributed by atoms with Gasteiger partial charge in [-0.05, 0) is 76.6 Å². The van der Waals surface area contributed by atoms with Crippen LogP contribution in [-0.2, 0) is 12.7 Å². The second-order valence-corrected chi connectivity index (χ2v) is 8.55. The number of hydrogen-bond donors (Lipinski definition) is 2. The molecule has 5 nitrogen and oxygen atoms in total. The Morgan fingerprint density at radius 2 is 1.74 bits per heavy atom. The maximum atomic E-state index is 12.9. The summed E-state index contributed by atoms with van der Waals surface area (Å²) in [6.07, 6.45) is 1.70. The van der Waals surface area contributed by atoms with Crippen LogP contribution in [0.2, 0.25) is 0 Å². The van der Waals surface area contributed by atoms with Crippen LogP contribution >= 0.6 is 24.0 Å². The van der Waals surface area contributed by atoms with Crippen molar-refractivity contribution in [1.82, 2.24) is 20.4 Å². The van der Waals surface area contributed by atoms with E-state index in [-0.39, 0.29) is 29.5 Å². The summed E-state index contributed by atoms with van der Waals surface area (Å²) in [4.78, 5) is 9.32. The van der Waals surface area contributed by atoms with Crippen LogP contribution in [0.1, 0.15) is 43.2 Å². The molecule has 0 spiro atoms. The van der Waals surface area contributed by atoms with Gasteiger partial charge in [-0.15, -0.1) is 24.0 Å². The average Bonchev–Trinajstić information content (AvgIpc) is 2.75. The van der Waals surface area contributed by atoms with Crippen molar-refractivity contribution < 1.29 is 13.2 Å². The first-order chi connectivity index (χ1) is 14.3. The molecular weight excluding hydrogens is 518 g/mol. The Morgan fingerprint density at radius 1 is 1.06 bits per heavy atom. The van der Waals surface area contributed by atoms with Gasteiger partial charge in [-0.1, -0.05) is 18.6 Å². The Morgan fingerprint density at radius 3 is 2.35 bits per heavy atom. The number of aliphatic imine (C=N–C) groups is 1. The lowest BCUT2D eigenvalue weighted by atomic mass is 9.84. The number of guanidine groups is 1. The number of halogens is 4. The largest absolute Gasteiger partial charge is 0.416 e. The molecule has 0 aromatic heterocycles. The van der Waals surface area contributed by atoms with Gasteiger partial charge in [-0.25, -0.2) is 0 Å². The van der Waals surface area contributed by atoms with Gasteiger partial charge in [0, 0.05) is 25.7 Å². The van der Waals surface area contributed by atoms with E-state index >= 15 is 0 Å². The number of rotatable bonds is 5. The molecule has 0 amide bonds. The van der Waals surface area contributed by atoms with Crippen molar-refractivity contribution in [3.05, 3.63) is 35.4 Å². The minimum absolute atomic E-state index is 0. The predicted octanol–water partition coefficient (Wildman–Crippen LogP) is 3.94. The van der Waals surface area contributed by atoms with Crippen LogP contribution in [0.3, 0.4) is 0 Å². The quantitative estimate of drug-likeness (QED) is 0.330. The van der Waals surface area contributed by atoms with Crippen molar-refractivity contribution in [2.24, 2.45) is 4.99 Å². The first kappa shape index (κ1) is 26.2. The Labute approximate surface area is 200 Å². The first-order valence-corrected chi connectivity index (χ1v) is 10.9. The number of alkyl halides is 3. The summed E-state index contributed by atoms with van der Waals surface area (Å²) in [5, 5.41) is 6.64. The van der Waals surface area contributed by atoms with Crippen molar-refractivity contribution in [1.29, 1.82) is 0 Å². The fraction of sp³-hybridized carbons (Fsp3) is 0.682. The number of hydrogen-bond acceptors (Lipinski definition) is 3. The van der Waals surface area contributed by atoms with E-state index in [1.165, 1.54) is 31.4 Å². The van der Waals surface area contributed by atoms with Crippen molar-refractivity contribution in [3.63, 3.8) is 0 Å². The number of nitrogens with zero attached hydrogens (tertiary/aromatic N) is 3. The molecule has 2 fully saturated rings. The van der Waals surface area contributed by atoms with E-state index in [4.69, 9.17) is 0 Å². The highest BCUT2D eigenvalue weighted by Crippen LogP contribution is 2.31. The van der Waals surface area contributed by atoms with Crippen LogP contribution in [0.4, 0.5) is 13.2 Å². The minimum atomic E-state index is -4.33. The highest BCUT2D eigenvalue weighted by Gasteiger charge is 2.39. The summed E-state index contributed by atoms with van der Waals surface area (Å²) < 4.78 is 38.8. The summed E-state index contributed by atoms with van der Waals surface area (Å²) in [5.41, 5.74) is 0.0683. The fourth-order valence-electron chi connectivity index (χ4n) is 4.52. The van der Waals surface area contributed by atoms with Gasteiger partial charge in [-0.3, -0.25) is 9.89 Å². The van der Waals surface area contributed by atoms with E-state index in [1.54, 1.807) is 13.1 Å². The molecule has 2 N–H and O–H groups in total. The highest BCUT2D eigenvalue weighted by molar-refractivity contribution is 14.0. The van der Waals surface area contributed by atoms with E-state index in [9.17, 15) is 13.2 Å². The molecule has 0 atom stereocenters. The Bertz CT molecular complexity index is 711. The van der Waals surface area contributed by atoms with Crippen molar-refractivity contribution in [2.45, 2.75) is 50.4 Å². The topological polar surface area (TPSA) is 42.9 Å². The van der Waals surface area contributed by atoms with Crippen LogP contribution in [0.25, 0.3) is 0 Å². The summed E-state index contributed by atoms with van der Waals surface area (Å²) in [7, 11) is 3.87. The second kappa shape index (κ2) is 11.7. The third-order valence-electron chi connectivity index (χ3n) is 6.47. The van der Waals surface area contributed by atoms with Crippen molar-refractivity contribution in [3.8, 4) is 0 Å². The molecule has 31 heavy (non-hydrogen) atoms. The van der Waals surface area contributed by atoms with Crippen LogP contribution in [0, 0.1) is 0 Å². The van der Waals surface area contributed by atoms with Crippen LogP contribution in [-0.4, -0.2) is 68.1 Å². The molecule has 0 saturated carbocycles. The molecule has 1 aromatic rings. The summed E-state index contributed by atoms with van der Waals surface area (Å²) in [5.74, 6) is 0.628. The molecule has 0 aliphatic carbocycles. The lowest BCUT2D eigenvalue weighted by molar-refractivity contribution is -0.137. The van der Waals surface area contributed by atoms with Crippen LogP contribution < -0.4 is 10.6 Å². The van der Waals surface area contributed by atoms with Crippen molar-refractivity contribution >= 4 is 29.9 Å². The lowest BCUT2D eigenvalue weighted by Crippen LogP contribution is -2.62. The van der Waals surface area contributed by atoms with Gasteiger partial charge in [0.15, 0.2) is 5.96 Å². The van der Waals surface area contributed by atoms with Crippen molar-refractivity contribution in [2.75, 3.05) is 46.8 Å². The first-order valence-electron chi connectivity index (χ1n) is 10.9.